The van der Waals surface area contributed by atoms with Crippen LogP contribution < -0.4 is 0 Å². The molecule has 0 saturated carbocycles. The largest absolute Gasteiger partial charge is 0.299 e. The van der Waals surface area contributed by atoms with Crippen molar-refractivity contribution in [2.45, 2.75) is 57.9 Å². The molecular weight excluding hydrogens is 526 g/mol. The number of amides is 4. The summed E-state index contributed by atoms with van der Waals surface area (Å²) in [4.78, 5) is 58.3. The normalized spacial score (nSPS) is 17.5. The van der Waals surface area contributed by atoms with E-state index in [-0.39, 0.29) is 23.6 Å². The Kier molecular flexibility index (Phi) is 8.15. The van der Waals surface area contributed by atoms with Crippen LogP contribution in [0.25, 0.3) is 0 Å². The molecule has 3 aromatic rings. The van der Waals surface area contributed by atoms with Crippen LogP contribution in [0.1, 0.15) is 77.9 Å². The monoisotopic (exact) mass is 565 g/mol. The zero-order chi connectivity index (χ0) is 30.1. The molecule has 0 fully saturated rings. The van der Waals surface area contributed by atoms with Gasteiger partial charge in [-0.2, -0.15) is 0 Å². The van der Waals surface area contributed by atoms with Crippen molar-refractivity contribution in [1.29, 1.82) is 0 Å². The highest BCUT2D eigenvalue weighted by atomic mass is 16.2. The van der Waals surface area contributed by atoms with Crippen LogP contribution in [0, 0.1) is 0 Å². The minimum absolute atomic E-state index is 0.175. The maximum absolute atomic E-state index is 13.4. The van der Waals surface area contributed by atoms with Crippen LogP contribution >= 0.6 is 0 Å². The lowest BCUT2D eigenvalue weighted by molar-refractivity contribution is -0.135. The molecule has 0 unspecified atom stereocenters. The number of rotatable bonds is 10. The van der Waals surface area contributed by atoms with Crippen LogP contribution in [-0.2, 0) is 27.0 Å². The first-order chi connectivity index (χ1) is 20.0. The van der Waals surface area contributed by atoms with E-state index in [0.717, 1.165) is 16.7 Å². The predicted octanol–water partition coefficient (Wildman–Crippen LogP) is 5.19. The fourth-order valence-electron chi connectivity index (χ4n) is 6.23. The second-order valence-electron chi connectivity index (χ2n) is 12.3. The Morgan fingerprint density at radius 1 is 0.571 bits per heavy atom. The number of hydrogen-bond acceptors (Lipinski definition) is 5. The minimum Gasteiger partial charge on any atom is -0.299 e. The topological polar surface area (TPSA) is 78.0 Å². The van der Waals surface area contributed by atoms with Crippen LogP contribution in [0.3, 0.4) is 0 Å². The molecule has 0 N–H and O–H groups in total. The molecule has 0 bridgehead atoms. The van der Waals surface area contributed by atoms with Crippen molar-refractivity contribution in [3.8, 4) is 0 Å². The van der Waals surface area contributed by atoms with E-state index in [1.807, 2.05) is 82.3 Å². The average molecular weight is 566 g/mol. The molecule has 7 heteroatoms. The summed E-state index contributed by atoms with van der Waals surface area (Å²) in [6.45, 7) is 10.2. The first kappa shape index (κ1) is 29.4. The Morgan fingerprint density at radius 3 is 1.43 bits per heavy atom. The Balaban J connectivity index is 1.25. The molecule has 0 atom stereocenters. The zero-order valence-corrected chi connectivity index (χ0v) is 24.9. The Morgan fingerprint density at radius 2 is 0.976 bits per heavy atom. The van der Waals surface area contributed by atoms with Gasteiger partial charge in [0, 0.05) is 43.9 Å². The molecule has 0 radical (unpaired) electrons. The lowest BCUT2D eigenvalue weighted by atomic mass is 9.77. The summed E-state index contributed by atoms with van der Waals surface area (Å²) in [5, 5.41) is 0. The predicted molar refractivity (Wildman–Crippen MR) is 162 cm³/mol. The number of nitrogens with zero attached hydrogens (tertiary/aromatic N) is 3. The van der Waals surface area contributed by atoms with Crippen LogP contribution in [0.5, 0.6) is 0 Å². The molecule has 2 heterocycles. The van der Waals surface area contributed by atoms with E-state index in [9.17, 15) is 19.2 Å². The molecule has 5 rings (SSSR count). The van der Waals surface area contributed by atoms with Crippen molar-refractivity contribution in [3.63, 3.8) is 0 Å². The number of hydrogen-bond donors (Lipinski definition) is 0. The summed E-state index contributed by atoms with van der Waals surface area (Å²) in [7, 11) is 0. The van der Waals surface area contributed by atoms with E-state index in [4.69, 9.17) is 0 Å². The highest BCUT2D eigenvalue weighted by molar-refractivity contribution is 6.13. The molecule has 0 saturated heterocycles. The molecule has 0 aromatic heterocycles. The van der Waals surface area contributed by atoms with E-state index in [1.165, 1.54) is 9.80 Å². The summed E-state index contributed by atoms with van der Waals surface area (Å²) in [6, 6.07) is 24.8. The number of fused-ring (bicyclic) bond motifs is 2. The molecular formula is C35H39N3O4. The summed E-state index contributed by atoms with van der Waals surface area (Å²) >= 11 is 0. The van der Waals surface area contributed by atoms with Gasteiger partial charge in [-0.1, -0.05) is 66.7 Å². The summed E-state index contributed by atoms with van der Waals surface area (Å²) in [5.41, 5.74) is 2.33. The highest BCUT2D eigenvalue weighted by Gasteiger charge is 2.45. The maximum atomic E-state index is 13.4. The van der Waals surface area contributed by atoms with Gasteiger partial charge in [0.2, 0.25) is 11.8 Å². The smallest absolute Gasteiger partial charge is 0.260 e. The Hall–Kier alpha value is -4.10. The van der Waals surface area contributed by atoms with Gasteiger partial charge in [-0.3, -0.25) is 33.9 Å². The third-order valence-corrected chi connectivity index (χ3v) is 8.67. The quantitative estimate of drug-likeness (QED) is 0.316. The van der Waals surface area contributed by atoms with E-state index < -0.39 is 10.8 Å². The fraction of sp³-hybridized carbons (Fsp3) is 0.371. The molecule has 0 aliphatic carbocycles. The van der Waals surface area contributed by atoms with Gasteiger partial charge in [-0.05, 0) is 69.4 Å². The van der Waals surface area contributed by atoms with Gasteiger partial charge in [0.1, 0.15) is 0 Å². The molecule has 218 valence electrons. The Bertz CT molecular complexity index is 1420. The van der Waals surface area contributed by atoms with Crippen molar-refractivity contribution in [2.24, 2.45) is 0 Å². The van der Waals surface area contributed by atoms with Crippen molar-refractivity contribution in [1.82, 2.24) is 14.7 Å². The first-order valence-electron chi connectivity index (χ1n) is 14.7. The van der Waals surface area contributed by atoms with Gasteiger partial charge < -0.3 is 0 Å². The third kappa shape index (κ3) is 5.41. The van der Waals surface area contributed by atoms with E-state index in [2.05, 4.69) is 17.0 Å². The lowest BCUT2D eigenvalue weighted by Gasteiger charge is -2.38. The fourth-order valence-corrected chi connectivity index (χ4v) is 6.23. The summed E-state index contributed by atoms with van der Waals surface area (Å²) < 4.78 is 0. The molecule has 0 spiro atoms. The maximum Gasteiger partial charge on any atom is 0.260 e. The van der Waals surface area contributed by atoms with Gasteiger partial charge in [0.25, 0.3) is 11.8 Å². The van der Waals surface area contributed by atoms with Gasteiger partial charge in [-0.25, -0.2) is 0 Å². The standard InChI is InChI=1S/C35H39N3O4/c1-34(2)28-18-10-8-16-26(28)30(39)37(32(34)41)22-12-20-36(24-25-14-6-5-7-15-25)21-13-23-38-31(40)27-17-9-11-19-29(27)35(3,4)33(38)42/h5-11,14-19H,12-13,20-24H2,1-4H3. The average Bonchev–Trinajstić information content (AvgIpc) is 2.99. The van der Waals surface area contributed by atoms with Gasteiger partial charge in [-0.15, -0.1) is 0 Å². The molecule has 2 aliphatic heterocycles. The van der Waals surface area contributed by atoms with Gasteiger partial charge in [0.15, 0.2) is 0 Å². The second kappa shape index (κ2) is 11.6. The van der Waals surface area contributed by atoms with Crippen LogP contribution in [0.4, 0.5) is 0 Å². The summed E-state index contributed by atoms with van der Waals surface area (Å²) in [5.74, 6) is -0.833. The number of carbonyl (C=O) groups excluding carboxylic acids is 4. The molecule has 2 aliphatic rings. The molecule has 4 amide bonds. The van der Waals surface area contributed by atoms with E-state index in [1.54, 1.807) is 12.1 Å². The first-order valence-corrected chi connectivity index (χ1v) is 14.7. The number of imide groups is 2. The second-order valence-corrected chi connectivity index (χ2v) is 12.3. The molecule has 3 aromatic carbocycles. The SMILES string of the molecule is CC1(C)C(=O)N(CCCN(CCCN2C(=O)c3ccccc3C(C)(C)C2=O)Cc2ccccc2)C(=O)c2ccccc21. The van der Waals surface area contributed by atoms with E-state index in [0.29, 0.717) is 56.7 Å². The highest BCUT2D eigenvalue weighted by Crippen LogP contribution is 2.35. The van der Waals surface area contributed by atoms with Crippen LogP contribution in [0.15, 0.2) is 78.9 Å². The van der Waals surface area contributed by atoms with Crippen molar-refractivity contribution in [2.75, 3.05) is 26.2 Å². The zero-order valence-electron chi connectivity index (χ0n) is 24.9. The van der Waals surface area contributed by atoms with Crippen LogP contribution in [0.2, 0.25) is 0 Å². The van der Waals surface area contributed by atoms with Gasteiger partial charge in [0.05, 0.1) is 10.8 Å². The minimum atomic E-state index is -0.770. The van der Waals surface area contributed by atoms with Crippen LogP contribution in [-0.4, -0.2) is 64.5 Å². The molecule has 42 heavy (non-hydrogen) atoms. The van der Waals surface area contributed by atoms with E-state index >= 15 is 0 Å². The van der Waals surface area contributed by atoms with Crippen molar-refractivity contribution in [3.05, 3.63) is 107 Å². The number of benzene rings is 3. The van der Waals surface area contributed by atoms with Gasteiger partial charge >= 0.3 is 0 Å². The van der Waals surface area contributed by atoms with Crippen molar-refractivity contribution < 1.29 is 19.2 Å². The Labute approximate surface area is 248 Å². The summed E-state index contributed by atoms with van der Waals surface area (Å²) in [6.07, 6.45) is 1.23. The third-order valence-electron chi connectivity index (χ3n) is 8.67. The number of carbonyl (C=O) groups is 4. The molecule has 7 nitrogen and oxygen atoms in total. The lowest BCUT2D eigenvalue weighted by Crippen LogP contribution is -2.52. The van der Waals surface area contributed by atoms with Crippen molar-refractivity contribution >= 4 is 23.6 Å².